The number of nitrogens with zero attached hydrogens (tertiary/aromatic N) is 1. The molecular weight excluding hydrogens is 252 g/mol. The molecule has 0 unspecified atom stereocenters. The maximum atomic E-state index is 3.50. The second kappa shape index (κ2) is 5.59. The highest BCUT2D eigenvalue weighted by atomic mass is 32.1. The number of aryl methyl sites for hydroxylation is 1. The normalized spacial score (nSPS) is 11.2. The molecule has 19 heavy (non-hydrogen) atoms. The van der Waals surface area contributed by atoms with E-state index in [1.54, 1.807) is 11.3 Å². The van der Waals surface area contributed by atoms with Gasteiger partial charge in [0.15, 0.2) is 0 Å². The van der Waals surface area contributed by atoms with Gasteiger partial charge >= 0.3 is 0 Å². The van der Waals surface area contributed by atoms with E-state index in [0.29, 0.717) is 0 Å². The lowest BCUT2D eigenvalue weighted by atomic mass is 10.2. The number of rotatable bonds is 5. The number of fused-ring (bicyclic) bond motifs is 1. The van der Waals surface area contributed by atoms with Crippen LogP contribution in [0.15, 0.2) is 48.0 Å². The fourth-order valence-electron chi connectivity index (χ4n) is 2.44. The molecule has 3 heteroatoms. The Labute approximate surface area is 117 Å². The number of thiophene rings is 1. The van der Waals surface area contributed by atoms with Crippen LogP contribution in [0, 0.1) is 6.92 Å². The van der Waals surface area contributed by atoms with Crippen LogP contribution in [0.5, 0.6) is 0 Å². The molecule has 0 radical (unpaired) electrons. The van der Waals surface area contributed by atoms with E-state index in [1.807, 2.05) is 0 Å². The zero-order valence-corrected chi connectivity index (χ0v) is 11.9. The lowest BCUT2D eigenvalue weighted by molar-refractivity contribution is 0.612. The van der Waals surface area contributed by atoms with Crippen LogP contribution in [-0.2, 0) is 13.1 Å². The van der Waals surface area contributed by atoms with Gasteiger partial charge in [0.25, 0.3) is 0 Å². The average Bonchev–Trinajstić information content (AvgIpc) is 3.04. The van der Waals surface area contributed by atoms with Crippen LogP contribution in [0.2, 0.25) is 0 Å². The van der Waals surface area contributed by atoms with Crippen molar-refractivity contribution >= 4 is 22.2 Å². The molecule has 0 bridgehead atoms. The Morgan fingerprint density at radius 1 is 1.16 bits per heavy atom. The van der Waals surface area contributed by atoms with Gasteiger partial charge in [-0.3, -0.25) is 0 Å². The summed E-state index contributed by atoms with van der Waals surface area (Å²) in [6.45, 7) is 5.16. The van der Waals surface area contributed by atoms with Gasteiger partial charge in [-0.1, -0.05) is 24.3 Å². The highest BCUT2D eigenvalue weighted by molar-refractivity contribution is 7.09. The van der Waals surface area contributed by atoms with E-state index in [1.165, 1.54) is 21.3 Å². The third kappa shape index (κ3) is 2.72. The van der Waals surface area contributed by atoms with Crippen LogP contribution >= 0.6 is 11.3 Å². The lowest BCUT2D eigenvalue weighted by Gasteiger charge is -2.06. The number of benzene rings is 1. The first kappa shape index (κ1) is 12.5. The fraction of sp³-hybridized carbons (Fsp3) is 0.250. The van der Waals surface area contributed by atoms with Crippen molar-refractivity contribution in [3.63, 3.8) is 0 Å². The molecule has 0 spiro atoms. The number of para-hydroxylation sites is 1. The molecule has 0 saturated heterocycles. The summed E-state index contributed by atoms with van der Waals surface area (Å²) in [6, 6.07) is 12.9. The van der Waals surface area contributed by atoms with Gasteiger partial charge in [0.05, 0.1) is 0 Å². The van der Waals surface area contributed by atoms with E-state index in [0.717, 1.165) is 19.6 Å². The standard InChI is InChI=1S/C16H18N2S/c1-13-12-18(16-7-3-2-6-15(13)16)9-8-17-11-14-5-4-10-19-14/h2-7,10,12,17H,8-9,11H2,1H3. The van der Waals surface area contributed by atoms with Crippen molar-refractivity contribution in [1.29, 1.82) is 0 Å². The molecule has 0 atom stereocenters. The van der Waals surface area contributed by atoms with Crippen molar-refractivity contribution in [3.8, 4) is 0 Å². The second-order valence-electron chi connectivity index (χ2n) is 4.78. The molecule has 0 aliphatic carbocycles. The fourth-order valence-corrected chi connectivity index (χ4v) is 3.11. The third-order valence-corrected chi connectivity index (χ3v) is 4.27. The summed E-state index contributed by atoms with van der Waals surface area (Å²) in [5.41, 5.74) is 2.69. The van der Waals surface area contributed by atoms with E-state index < -0.39 is 0 Å². The van der Waals surface area contributed by atoms with Crippen molar-refractivity contribution < 1.29 is 0 Å². The van der Waals surface area contributed by atoms with E-state index >= 15 is 0 Å². The second-order valence-corrected chi connectivity index (χ2v) is 5.81. The molecule has 2 nitrogen and oxygen atoms in total. The third-order valence-electron chi connectivity index (χ3n) is 3.40. The summed E-state index contributed by atoms with van der Waals surface area (Å²) in [7, 11) is 0. The van der Waals surface area contributed by atoms with Crippen molar-refractivity contribution in [2.45, 2.75) is 20.0 Å². The Bertz CT molecular complexity index is 653. The summed E-state index contributed by atoms with van der Waals surface area (Å²) < 4.78 is 2.34. The molecule has 2 heterocycles. The van der Waals surface area contributed by atoms with Gasteiger partial charge in [0.1, 0.15) is 0 Å². The highest BCUT2D eigenvalue weighted by Gasteiger charge is 2.03. The Morgan fingerprint density at radius 3 is 2.89 bits per heavy atom. The van der Waals surface area contributed by atoms with Crippen LogP contribution in [-0.4, -0.2) is 11.1 Å². The van der Waals surface area contributed by atoms with Crippen molar-refractivity contribution in [1.82, 2.24) is 9.88 Å². The van der Waals surface area contributed by atoms with E-state index in [-0.39, 0.29) is 0 Å². The zero-order chi connectivity index (χ0) is 13.1. The van der Waals surface area contributed by atoms with Gasteiger partial charge in [-0.25, -0.2) is 0 Å². The van der Waals surface area contributed by atoms with Gasteiger partial charge in [0.2, 0.25) is 0 Å². The number of aromatic nitrogens is 1. The molecule has 0 amide bonds. The summed E-state index contributed by atoms with van der Waals surface area (Å²) in [6.07, 6.45) is 2.25. The molecule has 1 aromatic carbocycles. The first-order valence-corrected chi connectivity index (χ1v) is 7.50. The van der Waals surface area contributed by atoms with Crippen LogP contribution in [0.1, 0.15) is 10.4 Å². The number of nitrogens with one attached hydrogen (secondary N) is 1. The van der Waals surface area contributed by atoms with Gasteiger partial charge in [0, 0.05) is 41.6 Å². The predicted molar refractivity (Wildman–Crippen MR) is 82.7 cm³/mol. The monoisotopic (exact) mass is 270 g/mol. The predicted octanol–water partition coefficient (Wildman–Crippen LogP) is 3.80. The van der Waals surface area contributed by atoms with Gasteiger partial charge < -0.3 is 9.88 Å². The topological polar surface area (TPSA) is 17.0 Å². The number of hydrogen-bond donors (Lipinski definition) is 1. The van der Waals surface area contributed by atoms with Gasteiger partial charge in [-0.05, 0) is 30.0 Å². The van der Waals surface area contributed by atoms with Crippen molar-refractivity contribution in [2.24, 2.45) is 0 Å². The van der Waals surface area contributed by atoms with Crippen molar-refractivity contribution in [3.05, 3.63) is 58.4 Å². The molecule has 0 aliphatic heterocycles. The number of hydrogen-bond acceptors (Lipinski definition) is 2. The molecule has 2 aromatic heterocycles. The summed E-state index contributed by atoms with van der Waals surface area (Å²) in [4.78, 5) is 1.40. The zero-order valence-electron chi connectivity index (χ0n) is 11.1. The van der Waals surface area contributed by atoms with Gasteiger partial charge in [-0.15, -0.1) is 11.3 Å². The van der Waals surface area contributed by atoms with Crippen LogP contribution in [0.3, 0.4) is 0 Å². The molecule has 98 valence electrons. The Balaban J connectivity index is 1.62. The quantitative estimate of drug-likeness (QED) is 0.698. The van der Waals surface area contributed by atoms with Crippen LogP contribution in [0.4, 0.5) is 0 Å². The maximum Gasteiger partial charge on any atom is 0.0483 e. The molecule has 1 N–H and O–H groups in total. The van der Waals surface area contributed by atoms with Gasteiger partial charge in [-0.2, -0.15) is 0 Å². The molecular formula is C16H18N2S. The minimum atomic E-state index is 0.968. The van der Waals surface area contributed by atoms with Crippen LogP contribution in [0.25, 0.3) is 10.9 Å². The molecule has 0 saturated carbocycles. The molecule has 0 fully saturated rings. The van der Waals surface area contributed by atoms with E-state index in [9.17, 15) is 0 Å². The first-order chi connectivity index (χ1) is 9.34. The van der Waals surface area contributed by atoms with E-state index in [2.05, 4.69) is 64.8 Å². The van der Waals surface area contributed by atoms with E-state index in [4.69, 9.17) is 0 Å². The Morgan fingerprint density at radius 2 is 2.05 bits per heavy atom. The maximum absolute atomic E-state index is 3.50. The van der Waals surface area contributed by atoms with Crippen molar-refractivity contribution in [2.75, 3.05) is 6.54 Å². The Kier molecular flexibility index (Phi) is 3.67. The van der Waals surface area contributed by atoms with Crippen LogP contribution < -0.4 is 5.32 Å². The summed E-state index contributed by atoms with van der Waals surface area (Å²) >= 11 is 1.81. The molecule has 0 aliphatic rings. The SMILES string of the molecule is Cc1cn(CCNCc2cccs2)c2ccccc12. The Hall–Kier alpha value is -1.58. The summed E-state index contributed by atoms with van der Waals surface area (Å²) in [5, 5.41) is 6.99. The average molecular weight is 270 g/mol. The molecule has 3 rings (SSSR count). The minimum absolute atomic E-state index is 0.968. The smallest absolute Gasteiger partial charge is 0.0483 e. The highest BCUT2D eigenvalue weighted by Crippen LogP contribution is 2.19. The molecule has 3 aromatic rings. The summed E-state index contributed by atoms with van der Waals surface area (Å²) in [5.74, 6) is 0. The first-order valence-electron chi connectivity index (χ1n) is 6.62. The minimum Gasteiger partial charge on any atom is -0.346 e. The largest absolute Gasteiger partial charge is 0.346 e. The lowest BCUT2D eigenvalue weighted by Crippen LogP contribution is -2.18.